The van der Waals surface area contributed by atoms with E-state index in [9.17, 15) is 0 Å². The Labute approximate surface area is 202 Å². The molecule has 1 fully saturated rings. The lowest BCUT2D eigenvalue weighted by Gasteiger charge is -2.26. The highest BCUT2D eigenvalue weighted by atomic mass is 16.5. The number of ether oxygens (including phenoxy) is 1. The number of methoxy groups -OCH3 is 1. The maximum atomic E-state index is 5.35. The highest BCUT2D eigenvalue weighted by molar-refractivity contribution is 5.91. The van der Waals surface area contributed by atoms with Gasteiger partial charge in [0.2, 0.25) is 5.95 Å². The average molecular weight is 455 g/mol. The number of hydrogen-bond acceptors (Lipinski definition) is 4. The normalized spacial score (nSPS) is 13.3. The summed E-state index contributed by atoms with van der Waals surface area (Å²) in [4.78, 5) is 7.51. The van der Waals surface area contributed by atoms with Gasteiger partial charge in [-0.25, -0.2) is 4.98 Å². The van der Waals surface area contributed by atoms with Gasteiger partial charge in [0.25, 0.3) is 0 Å². The second-order valence-corrected chi connectivity index (χ2v) is 9.71. The Balaban J connectivity index is 1.52. The Hall–Kier alpha value is -3.47. The monoisotopic (exact) mass is 454 g/mol. The number of para-hydroxylation sites is 1. The van der Waals surface area contributed by atoms with Crippen molar-refractivity contribution < 1.29 is 4.74 Å². The van der Waals surface area contributed by atoms with Crippen molar-refractivity contribution in [3.63, 3.8) is 0 Å². The lowest BCUT2D eigenvalue weighted by Crippen LogP contribution is -2.25. The summed E-state index contributed by atoms with van der Waals surface area (Å²) in [5.74, 6) is 2.54. The average Bonchev–Trinajstić information content (AvgIpc) is 3.58. The Bertz CT molecular complexity index is 1300. The van der Waals surface area contributed by atoms with E-state index in [-0.39, 0.29) is 0 Å². The molecule has 1 saturated carbocycles. The third-order valence-corrected chi connectivity index (χ3v) is 6.84. The lowest BCUT2D eigenvalue weighted by molar-refractivity contribution is 0.414. The minimum Gasteiger partial charge on any atom is -0.497 e. The highest BCUT2D eigenvalue weighted by Crippen LogP contribution is 2.36. The quantitative estimate of drug-likeness (QED) is 0.323. The van der Waals surface area contributed by atoms with Gasteiger partial charge in [0, 0.05) is 25.8 Å². The van der Waals surface area contributed by atoms with E-state index in [1.807, 2.05) is 12.1 Å². The van der Waals surface area contributed by atoms with E-state index in [0.717, 1.165) is 41.9 Å². The van der Waals surface area contributed by atoms with Crippen LogP contribution in [0, 0.1) is 26.7 Å². The van der Waals surface area contributed by atoms with Crippen LogP contribution in [0.2, 0.25) is 0 Å². The van der Waals surface area contributed by atoms with Gasteiger partial charge in [-0.2, -0.15) is 0 Å². The predicted molar refractivity (Wildman–Crippen MR) is 141 cm³/mol. The van der Waals surface area contributed by atoms with Crippen molar-refractivity contribution in [2.75, 3.05) is 23.9 Å². The molecule has 4 aromatic rings. The highest BCUT2D eigenvalue weighted by Gasteiger charge is 2.26. The smallest absolute Gasteiger partial charge is 0.208 e. The summed E-state index contributed by atoms with van der Waals surface area (Å²) in [5, 5.41) is 3.63. The molecule has 3 aromatic carbocycles. The van der Waals surface area contributed by atoms with Crippen LogP contribution < -0.4 is 15.0 Å². The second kappa shape index (κ2) is 9.05. The Kier molecular flexibility index (Phi) is 5.94. The van der Waals surface area contributed by atoms with Gasteiger partial charge in [0.05, 0.1) is 23.8 Å². The van der Waals surface area contributed by atoms with Crippen molar-refractivity contribution in [1.29, 1.82) is 0 Å². The van der Waals surface area contributed by atoms with Crippen LogP contribution in [0.25, 0.3) is 11.0 Å². The third-order valence-electron chi connectivity index (χ3n) is 6.84. The summed E-state index contributed by atoms with van der Waals surface area (Å²) >= 11 is 0. The van der Waals surface area contributed by atoms with Gasteiger partial charge >= 0.3 is 0 Å². The summed E-state index contributed by atoms with van der Waals surface area (Å²) < 4.78 is 7.56. The first kappa shape index (κ1) is 22.3. The number of benzene rings is 3. The third kappa shape index (κ3) is 4.47. The maximum absolute atomic E-state index is 5.35. The van der Waals surface area contributed by atoms with Crippen molar-refractivity contribution in [1.82, 2.24) is 9.55 Å². The van der Waals surface area contributed by atoms with E-state index in [0.29, 0.717) is 0 Å². The maximum Gasteiger partial charge on any atom is 0.208 e. The summed E-state index contributed by atoms with van der Waals surface area (Å²) in [6.07, 6.45) is 2.64. The topological polar surface area (TPSA) is 42.3 Å². The molecule has 5 nitrogen and oxygen atoms in total. The zero-order valence-electron chi connectivity index (χ0n) is 20.9. The van der Waals surface area contributed by atoms with E-state index in [4.69, 9.17) is 9.72 Å². The molecular weight excluding hydrogens is 420 g/mol. The van der Waals surface area contributed by atoms with Crippen LogP contribution in [0.15, 0.2) is 54.6 Å². The molecule has 1 aliphatic rings. The first-order valence-corrected chi connectivity index (χ1v) is 12.1. The van der Waals surface area contributed by atoms with Crippen molar-refractivity contribution in [2.45, 2.75) is 40.2 Å². The SMILES string of the molecule is COc1ccc(CN(CC2CC2)c2cccc3nc(Nc4c(C)cc(C)cc4C)n(C)c23)cc1. The molecular formula is C29H34N4O. The molecule has 0 unspecified atom stereocenters. The minimum absolute atomic E-state index is 0.775. The summed E-state index contributed by atoms with van der Waals surface area (Å²) in [6.45, 7) is 8.38. The standard InChI is InChI=1S/C29H34N4O/c1-19-15-20(2)27(21(3)16-19)31-29-30-25-7-6-8-26(28(25)32(29)4)33(17-22-9-10-22)18-23-11-13-24(34-5)14-12-23/h6-8,11-16,22H,9-10,17-18H2,1-5H3,(H,30,31). The molecule has 0 saturated heterocycles. The van der Waals surface area contributed by atoms with Crippen molar-refractivity contribution >= 4 is 28.4 Å². The zero-order valence-corrected chi connectivity index (χ0v) is 20.9. The molecule has 5 heteroatoms. The van der Waals surface area contributed by atoms with Crippen molar-refractivity contribution in [3.8, 4) is 5.75 Å². The second-order valence-electron chi connectivity index (χ2n) is 9.71. The number of aryl methyl sites for hydroxylation is 4. The first-order valence-electron chi connectivity index (χ1n) is 12.1. The minimum atomic E-state index is 0.775. The fourth-order valence-corrected chi connectivity index (χ4v) is 4.92. The largest absolute Gasteiger partial charge is 0.497 e. The van der Waals surface area contributed by atoms with Gasteiger partial charge in [-0.05, 0) is 80.5 Å². The molecule has 1 heterocycles. The summed E-state index contributed by atoms with van der Waals surface area (Å²) in [6, 6.07) is 19.3. The molecule has 0 bridgehead atoms. The van der Waals surface area contributed by atoms with Gasteiger partial charge < -0.3 is 19.5 Å². The summed E-state index contributed by atoms with van der Waals surface area (Å²) in [7, 11) is 3.82. The van der Waals surface area contributed by atoms with Crippen LogP contribution in [0.1, 0.15) is 35.1 Å². The van der Waals surface area contributed by atoms with Gasteiger partial charge in [0.1, 0.15) is 5.75 Å². The van der Waals surface area contributed by atoms with Gasteiger partial charge in [-0.1, -0.05) is 35.9 Å². The van der Waals surface area contributed by atoms with Crippen LogP contribution in [0.3, 0.4) is 0 Å². The van der Waals surface area contributed by atoms with E-state index in [1.54, 1.807) is 7.11 Å². The van der Waals surface area contributed by atoms with E-state index in [2.05, 4.69) is 85.1 Å². The van der Waals surface area contributed by atoms with Crippen LogP contribution in [-0.4, -0.2) is 23.2 Å². The molecule has 176 valence electrons. The zero-order chi connectivity index (χ0) is 23.8. The van der Waals surface area contributed by atoms with E-state index < -0.39 is 0 Å². The lowest BCUT2D eigenvalue weighted by atomic mass is 10.1. The van der Waals surface area contributed by atoms with Gasteiger partial charge in [0.15, 0.2) is 0 Å². The predicted octanol–water partition coefficient (Wildman–Crippen LogP) is 6.67. The van der Waals surface area contributed by atoms with Crippen LogP contribution in [0.5, 0.6) is 5.75 Å². The number of aromatic nitrogens is 2. The molecule has 1 aliphatic carbocycles. The molecule has 0 radical (unpaired) electrons. The summed E-state index contributed by atoms with van der Waals surface area (Å²) in [5.41, 5.74) is 9.59. The molecule has 0 spiro atoms. The van der Waals surface area contributed by atoms with Gasteiger partial charge in [-0.3, -0.25) is 0 Å². The first-order chi connectivity index (χ1) is 16.4. The number of fused-ring (bicyclic) bond motifs is 1. The van der Waals surface area contributed by atoms with E-state index >= 15 is 0 Å². The number of rotatable bonds is 8. The molecule has 5 rings (SSSR count). The van der Waals surface area contributed by atoms with Gasteiger partial charge in [-0.15, -0.1) is 0 Å². The Morgan fingerprint density at radius 2 is 1.74 bits per heavy atom. The molecule has 1 aromatic heterocycles. The Morgan fingerprint density at radius 3 is 2.38 bits per heavy atom. The van der Waals surface area contributed by atoms with Crippen LogP contribution in [0.4, 0.5) is 17.3 Å². The number of hydrogen-bond donors (Lipinski definition) is 1. The molecule has 0 amide bonds. The Morgan fingerprint density at radius 1 is 1.03 bits per heavy atom. The fourth-order valence-electron chi connectivity index (χ4n) is 4.92. The molecule has 34 heavy (non-hydrogen) atoms. The number of nitrogens with one attached hydrogen (secondary N) is 1. The van der Waals surface area contributed by atoms with Crippen molar-refractivity contribution in [2.24, 2.45) is 13.0 Å². The number of imidazole rings is 1. The van der Waals surface area contributed by atoms with Crippen LogP contribution >= 0.6 is 0 Å². The molecule has 0 aliphatic heterocycles. The molecule has 0 atom stereocenters. The number of nitrogens with zero attached hydrogens (tertiary/aromatic N) is 3. The fraction of sp³-hybridized carbons (Fsp3) is 0.345. The number of anilines is 3. The molecule has 1 N–H and O–H groups in total. The van der Waals surface area contributed by atoms with E-state index in [1.165, 1.54) is 46.3 Å². The van der Waals surface area contributed by atoms with Crippen molar-refractivity contribution in [3.05, 3.63) is 76.9 Å². The van der Waals surface area contributed by atoms with Crippen LogP contribution in [-0.2, 0) is 13.6 Å².